The molecule has 7 heteroatoms. The van der Waals surface area contributed by atoms with Crippen LogP contribution in [-0.4, -0.2) is 25.2 Å². The monoisotopic (exact) mass is 326 g/mol. The number of hydrogen-bond donors (Lipinski definition) is 1. The number of carbonyl (C=O) groups excluding carboxylic acids is 1. The van der Waals surface area contributed by atoms with Gasteiger partial charge in [0.1, 0.15) is 11.6 Å². The number of ether oxygens (including phenoxy) is 1. The Labute approximate surface area is 132 Å². The molecule has 0 atom stereocenters. The summed E-state index contributed by atoms with van der Waals surface area (Å²) in [5.74, 6) is -0.434. The summed E-state index contributed by atoms with van der Waals surface area (Å²) in [6.45, 7) is 5.48. The lowest BCUT2D eigenvalue weighted by Crippen LogP contribution is -2.30. The van der Waals surface area contributed by atoms with Gasteiger partial charge in [-0.15, -0.1) is 13.2 Å². The van der Waals surface area contributed by atoms with Gasteiger partial charge in [-0.05, 0) is 30.7 Å². The zero-order valence-electron chi connectivity index (χ0n) is 12.8. The number of nitrogens with one attached hydrogen (secondary N) is 1. The van der Waals surface area contributed by atoms with E-state index >= 15 is 0 Å². The van der Waals surface area contributed by atoms with Crippen LogP contribution in [0, 0.1) is 0 Å². The van der Waals surface area contributed by atoms with E-state index in [1.807, 2.05) is 0 Å². The number of carbonyl (C=O) groups is 1. The smallest absolute Gasteiger partial charge is 0.406 e. The molecule has 0 bridgehead atoms. The fraction of sp³-hybridized carbons (Fsp3) is 0.250. The number of amides is 1. The summed E-state index contributed by atoms with van der Waals surface area (Å²) < 4.78 is 40.3. The second-order valence-electron chi connectivity index (χ2n) is 4.71. The van der Waals surface area contributed by atoms with E-state index in [-0.39, 0.29) is 12.2 Å². The van der Waals surface area contributed by atoms with Crippen LogP contribution in [0.15, 0.2) is 53.6 Å². The molecule has 23 heavy (non-hydrogen) atoms. The van der Waals surface area contributed by atoms with Crippen molar-refractivity contribution in [2.24, 2.45) is 4.99 Å². The molecule has 0 aliphatic rings. The molecule has 0 aromatic heterocycles. The topological polar surface area (TPSA) is 50.7 Å². The first kappa shape index (κ1) is 18.5. The van der Waals surface area contributed by atoms with Crippen molar-refractivity contribution < 1.29 is 22.7 Å². The van der Waals surface area contributed by atoms with Crippen molar-refractivity contribution in [2.45, 2.75) is 19.7 Å². The molecule has 124 valence electrons. The Morgan fingerprint density at radius 3 is 2.65 bits per heavy atom. The van der Waals surface area contributed by atoms with Crippen LogP contribution < -0.4 is 10.1 Å². The van der Waals surface area contributed by atoms with E-state index in [9.17, 15) is 18.0 Å². The molecule has 1 rings (SSSR count). The molecular formula is C16H17F3N2O2. The van der Waals surface area contributed by atoms with Crippen molar-refractivity contribution in [2.75, 3.05) is 7.05 Å². The molecule has 0 fully saturated rings. The highest BCUT2D eigenvalue weighted by molar-refractivity contribution is 6.04. The Bertz CT molecular complexity index is 634. The van der Waals surface area contributed by atoms with Gasteiger partial charge < -0.3 is 10.1 Å². The summed E-state index contributed by atoms with van der Waals surface area (Å²) in [5, 5.41) is 2.56. The van der Waals surface area contributed by atoms with Crippen molar-refractivity contribution in [3.8, 4) is 5.75 Å². The first-order chi connectivity index (χ1) is 10.7. The third kappa shape index (κ3) is 7.85. The summed E-state index contributed by atoms with van der Waals surface area (Å²) in [4.78, 5) is 15.8. The number of allylic oxidation sites excluding steroid dienone is 2. The van der Waals surface area contributed by atoms with Gasteiger partial charge in [-0.3, -0.25) is 9.79 Å². The van der Waals surface area contributed by atoms with Gasteiger partial charge in [-0.1, -0.05) is 30.4 Å². The van der Waals surface area contributed by atoms with E-state index < -0.39 is 12.3 Å². The maximum absolute atomic E-state index is 12.2. The summed E-state index contributed by atoms with van der Waals surface area (Å²) in [7, 11) is 1.51. The maximum Gasteiger partial charge on any atom is 0.573 e. The lowest BCUT2D eigenvalue weighted by Gasteiger charge is -2.10. The van der Waals surface area contributed by atoms with Crippen molar-refractivity contribution in [3.63, 3.8) is 0 Å². The number of amidine groups is 1. The SMILES string of the molecule is C=C(C)/C=C\C(=NC)NC(=O)Cc1cccc(OC(F)(F)F)c1. The van der Waals surface area contributed by atoms with Crippen molar-refractivity contribution in [3.05, 3.63) is 54.1 Å². The van der Waals surface area contributed by atoms with Gasteiger partial charge in [0, 0.05) is 7.05 Å². The van der Waals surface area contributed by atoms with Crippen LogP contribution in [0.4, 0.5) is 13.2 Å². The molecule has 1 aromatic rings. The van der Waals surface area contributed by atoms with Gasteiger partial charge in [0.2, 0.25) is 5.91 Å². The van der Waals surface area contributed by atoms with Gasteiger partial charge in [-0.25, -0.2) is 0 Å². The van der Waals surface area contributed by atoms with Crippen LogP contribution in [0.3, 0.4) is 0 Å². The summed E-state index contributed by atoms with van der Waals surface area (Å²) >= 11 is 0. The minimum absolute atomic E-state index is 0.102. The van der Waals surface area contributed by atoms with E-state index in [4.69, 9.17) is 0 Å². The fourth-order valence-corrected chi connectivity index (χ4v) is 1.62. The molecule has 1 amide bonds. The highest BCUT2D eigenvalue weighted by Crippen LogP contribution is 2.23. The van der Waals surface area contributed by atoms with E-state index in [0.29, 0.717) is 11.4 Å². The third-order valence-corrected chi connectivity index (χ3v) is 2.53. The molecule has 0 radical (unpaired) electrons. The highest BCUT2D eigenvalue weighted by atomic mass is 19.4. The zero-order valence-corrected chi connectivity index (χ0v) is 12.8. The number of alkyl halides is 3. The van der Waals surface area contributed by atoms with Crippen LogP contribution >= 0.6 is 0 Å². The Hall–Kier alpha value is -2.57. The van der Waals surface area contributed by atoms with E-state index in [0.717, 1.165) is 5.57 Å². The molecule has 0 saturated carbocycles. The molecule has 0 unspecified atom stereocenters. The van der Waals surface area contributed by atoms with E-state index in [1.54, 1.807) is 19.1 Å². The maximum atomic E-state index is 12.2. The standard InChI is InChI=1S/C16H17F3N2O2/c1-11(2)7-8-14(20-3)21-15(22)10-12-5-4-6-13(9-12)23-16(17,18)19/h4-9H,1,10H2,2-3H3,(H,20,21,22)/b8-7-. The number of benzene rings is 1. The van der Waals surface area contributed by atoms with Gasteiger partial charge in [-0.2, -0.15) is 0 Å². The second kappa shape index (κ2) is 8.17. The predicted molar refractivity (Wildman–Crippen MR) is 82.3 cm³/mol. The molecule has 0 spiro atoms. The average Bonchev–Trinajstić information content (AvgIpc) is 2.41. The first-order valence-corrected chi connectivity index (χ1v) is 6.64. The minimum atomic E-state index is -4.77. The van der Waals surface area contributed by atoms with Crippen LogP contribution in [0.25, 0.3) is 0 Å². The van der Waals surface area contributed by atoms with Gasteiger partial charge in [0.15, 0.2) is 0 Å². The molecule has 0 heterocycles. The predicted octanol–water partition coefficient (Wildman–Crippen LogP) is 3.40. The molecule has 1 N–H and O–H groups in total. The molecule has 0 aliphatic carbocycles. The number of halogens is 3. The van der Waals surface area contributed by atoms with Crippen molar-refractivity contribution >= 4 is 11.7 Å². The summed E-state index contributed by atoms with van der Waals surface area (Å²) in [5.41, 5.74) is 1.18. The molecule has 0 aliphatic heterocycles. The van der Waals surface area contributed by atoms with Gasteiger partial charge in [0.05, 0.1) is 6.42 Å². The lowest BCUT2D eigenvalue weighted by atomic mass is 10.1. The van der Waals surface area contributed by atoms with E-state index in [2.05, 4.69) is 21.6 Å². The van der Waals surface area contributed by atoms with Crippen molar-refractivity contribution in [1.29, 1.82) is 0 Å². The van der Waals surface area contributed by atoms with Crippen LogP contribution in [-0.2, 0) is 11.2 Å². The quantitative estimate of drug-likeness (QED) is 0.512. The zero-order chi connectivity index (χ0) is 17.5. The molecule has 1 aromatic carbocycles. The van der Waals surface area contributed by atoms with Gasteiger partial charge >= 0.3 is 6.36 Å². The Kier molecular flexibility index (Phi) is 6.56. The number of rotatable bonds is 5. The van der Waals surface area contributed by atoms with Crippen LogP contribution in [0.2, 0.25) is 0 Å². The van der Waals surface area contributed by atoms with Crippen LogP contribution in [0.1, 0.15) is 12.5 Å². The summed E-state index contributed by atoms with van der Waals surface area (Å²) in [6.07, 6.45) is -1.60. The number of hydrogen-bond acceptors (Lipinski definition) is 3. The van der Waals surface area contributed by atoms with E-state index in [1.165, 1.54) is 31.3 Å². The van der Waals surface area contributed by atoms with Crippen LogP contribution in [0.5, 0.6) is 5.75 Å². The minimum Gasteiger partial charge on any atom is -0.406 e. The summed E-state index contributed by atoms with van der Waals surface area (Å²) in [6, 6.07) is 5.26. The Morgan fingerprint density at radius 2 is 2.09 bits per heavy atom. The third-order valence-electron chi connectivity index (χ3n) is 2.53. The molecular weight excluding hydrogens is 309 g/mol. The Balaban J connectivity index is 2.70. The average molecular weight is 326 g/mol. The fourth-order valence-electron chi connectivity index (χ4n) is 1.62. The molecule has 4 nitrogen and oxygen atoms in total. The number of nitrogens with zero attached hydrogens (tertiary/aromatic N) is 1. The normalized spacial score (nSPS) is 12.3. The number of aliphatic imine (C=N–C) groups is 1. The second-order valence-corrected chi connectivity index (χ2v) is 4.71. The van der Waals surface area contributed by atoms with Crippen molar-refractivity contribution in [1.82, 2.24) is 5.32 Å². The largest absolute Gasteiger partial charge is 0.573 e. The first-order valence-electron chi connectivity index (χ1n) is 6.64. The highest BCUT2D eigenvalue weighted by Gasteiger charge is 2.31. The lowest BCUT2D eigenvalue weighted by molar-refractivity contribution is -0.274. The van der Waals surface area contributed by atoms with Gasteiger partial charge in [0.25, 0.3) is 0 Å². The Morgan fingerprint density at radius 1 is 1.39 bits per heavy atom. The molecule has 0 saturated heterocycles.